The van der Waals surface area contributed by atoms with Crippen LogP contribution in [0.1, 0.15) is 5.56 Å². The summed E-state index contributed by atoms with van der Waals surface area (Å²) in [6.07, 6.45) is 1.70. The van der Waals surface area contributed by atoms with Crippen LogP contribution >= 0.6 is 27.5 Å². The Morgan fingerprint density at radius 2 is 1.62 bits per heavy atom. The number of anilines is 1. The van der Waals surface area contributed by atoms with Crippen LogP contribution in [0.2, 0.25) is 5.02 Å². The molecule has 0 amide bonds. The minimum atomic E-state index is 0.607. The van der Waals surface area contributed by atoms with E-state index in [4.69, 9.17) is 16.6 Å². The van der Waals surface area contributed by atoms with Gasteiger partial charge in [0.1, 0.15) is 0 Å². The lowest BCUT2D eigenvalue weighted by atomic mass is 10.1. The van der Waals surface area contributed by atoms with Gasteiger partial charge in [-0.2, -0.15) is 5.10 Å². The summed E-state index contributed by atoms with van der Waals surface area (Å²) < 4.78 is 1.00. The van der Waals surface area contributed by atoms with Crippen LogP contribution in [-0.4, -0.2) is 16.2 Å². The molecule has 0 bridgehead atoms. The van der Waals surface area contributed by atoms with Crippen molar-refractivity contribution in [2.45, 2.75) is 0 Å². The van der Waals surface area contributed by atoms with Gasteiger partial charge in [-0.05, 0) is 29.8 Å². The molecule has 1 heterocycles. The summed E-state index contributed by atoms with van der Waals surface area (Å²) in [6, 6.07) is 27.3. The summed E-state index contributed by atoms with van der Waals surface area (Å²) in [7, 11) is 0. The van der Waals surface area contributed by atoms with Gasteiger partial charge in [0.05, 0.1) is 11.9 Å². The summed E-state index contributed by atoms with van der Waals surface area (Å²) in [4.78, 5) is 9.38. The second kappa shape index (κ2) is 8.99. The molecule has 6 heteroatoms. The van der Waals surface area contributed by atoms with Crippen molar-refractivity contribution in [3.8, 4) is 22.6 Å². The van der Waals surface area contributed by atoms with Crippen LogP contribution in [0, 0.1) is 0 Å². The highest BCUT2D eigenvalue weighted by Gasteiger charge is 2.08. The van der Waals surface area contributed by atoms with E-state index in [1.807, 2.05) is 84.9 Å². The van der Waals surface area contributed by atoms with Gasteiger partial charge in [-0.25, -0.2) is 9.97 Å². The van der Waals surface area contributed by atoms with Gasteiger partial charge in [0.25, 0.3) is 0 Å². The van der Waals surface area contributed by atoms with Crippen molar-refractivity contribution >= 4 is 39.6 Å². The summed E-state index contributed by atoms with van der Waals surface area (Å²) in [5.41, 5.74) is 6.66. The third kappa shape index (κ3) is 5.08. The summed E-state index contributed by atoms with van der Waals surface area (Å²) in [6.45, 7) is 0. The summed E-state index contributed by atoms with van der Waals surface area (Å²) in [5, 5.41) is 4.97. The van der Waals surface area contributed by atoms with Gasteiger partial charge >= 0.3 is 0 Å². The molecule has 4 aromatic rings. The van der Waals surface area contributed by atoms with E-state index in [-0.39, 0.29) is 0 Å². The fourth-order valence-electron chi connectivity index (χ4n) is 2.75. The molecule has 0 spiro atoms. The smallest absolute Gasteiger partial charge is 0.162 e. The van der Waals surface area contributed by atoms with Gasteiger partial charge in [0.15, 0.2) is 11.6 Å². The monoisotopic (exact) mass is 462 g/mol. The molecule has 0 aliphatic heterocycles. The van der Waals surface area contributed by atoms with Crippen LogP contribution in [0.5, 0.6) is 0 Å². The van der Waals surface area contributed by atoms with Gasteiger partial charge in [0.2, 0.25) is 0 Å². The third-order valence-corrected chi connectivity index (χ3v) is 4.90. The maximum atomic E-state index is 6.02. The molecular weight excluding hydrogens is 448 g/mol. The van der Waals surface area contributed by atoms with Crippen molar-refractivity contribution in [1.82, 2.24) is 9.97 Å². The second-order valence-electron chi connectivity index (χ2n) is 6.26. The predicted molar refractivity (Wildman–Crippen MR) is 123 cm³/mol. The number of halogens is 2. The Morgan fingerprint density at radius 1 is 0.828 bits per heavy atom. The molecule has 0 atom stereocenters. The lowest BCUT2D eigenvalue weighted by molar-refractivity contribution is 1.15. The van der Waals surface area contributed by atoms with Crippen molar-refractivity contribution in [3.63, 3.8) is 0 Å². The van der Waals surface area contributed by atoms with Crippen molar-refractivity contribution in [1.29, 1.82) is 0 Å². The summed E-state index contributed by atoms with van der Waals surface area (Å²) >= 11 is 9.49. The molecule has 3 aromatic carbocycles. The number of benzene rings is 3. The van der Waals surface area contributed by atoms with Crippen LogP contribution in [-0.2, 0) is 0 Å². The Hall–Kier alpha value is -3.02. The number of hydrogen-bond acceptors (Lipinski definition) is 4. The third-order valence-electron chi connectivity index (χ3n) is 4.14. The Bertz CT molecular complexity index is 1150. The van der Waals surface area contributed by atoms with Gasteiger partial charge in [-0.1, -0.05) is 82.1 Å². The zero-order valence-corrected chi connectivity index (χ0v) is 17.6. The fraction of sp³-hybridized carbons (Fsp3) is 0. The zero-order chi connectivity index (χ0) is 20.1. The van der Waals surface area contributed by atoms with E-state index in [9.17, 15) is 0 Å². The number of nitrogens with one attached hydrogen (secondary N) is 1. The van der Waals surface area contributed by atoms with Gasteiger partial charge in [0, 0.05) is 26.7 Å². The second-order valence-corrected chi connectivity index (χ2v) is 7.61. The Labute approximate surface area is 182 Å². The number of aromatic nitrogens is 2. The Morgan fingerprint density at radius 3 is 2.38 bits per heavy atom. The molecule has 0 aliphatic rings. The number of rotatable bonds is 5. The number of hydrogen-bond donors (Lipinski definition) is 1. The first kappa shape index (κ1) is 19.3. The van der Waals surface area contributed by atoms with E-state index in [0.717, 1.165) is 26.9 Å². The molecule has 0 saturated heterocycles. The van der Waals surface area contributed by atoms with Crippen LogP contribution in [0.15, 0.2) is 94.5 Å². The lowest BCUT2D eigenvalue weighted by Crippen LogP contribution is -1.99. The largest absolute Gasteiger partial charge is 0.261 e. The molecule has 0 aliphatic carbocycles. The van der Waals surface area contributed by atoms with Gasteiger partial charge < -0.3 is 0 Å². The Kier molecular flexibility index (Phi) is 5.98. The maximum Gasteiger partial charge on any atom is 0.162 e. The van der Waals surface area contributed by atoms with Crippen molar-refractivity contribution in [2.24, 2.45) is 5.10 Å². The number of hydrazone groups is 1. The lowest BCUT2D eigenvalue weighted by Gasteiger charge is -2.08. The first-order valence-electron chi connectivity index (χ1n) is 8.92. The topological polar surface area (TPSA) is 50.2 Å². The first-order chi connectivity index (χ1) is 14.2. The highest BCUT2D eigenvalue weighted by Crippen LogP contribution is 2.25. The standard InChI is InChI=1S/C23H16BrClN4/c24-19-11-9-18(10-12-19)23-27-21(17-6-2-1-3-7-17)14-22(28-23)29-26-15-16-5-4-8-20(25)13-16/h1-15H,(H,27,28,29). The molecule has 29 heavy (non-hydrogen) atoms. The molecular formula is C23H16BrClN4. The minimum absolute atomic E-state index is 0.607. The van der Waals surface area contributed by atoms with Crippen LogP contribution < -0.4 is 5.43 Å². The van der Waals surface area contributed by atoms with Crippen LogP contribution in [0.25, 0.3) is 22.6 Å². The van der Waals surface area contributed by atoms with E-state index in [1.165, 1.54) is 0 Å². The number of nitrogens with zero attached hydrogens (tertiary/aromatic N) is 3. The van der Waals surface area contributed by atoms with Crippen molar-refractivity contribution < 1.29 is 0 Å². The SMILES string of the molecule is Clc1cccc(C=NNc2cc(-c3ccccc3)nc(-c3ccc(Br)cc3)n2)c1. The average Bonchev–Trinajstić information content (AvgIpc) is 2.75. The molecule has 0 saturated carbocycles. The van der Waals surface area contributed by atoms with Gasteiger partial charge in [-0.15, -0.1) is 0 Å². The van der Waals surface area contributed by atoms with E-state index in [0.29, 0.717) is 16.7 Å². The first-order valence-corrected chi connectivity index (χ1v) is 10.1. The van der Waals surface area contributed by atoms with E-state index < -0.39 is 0 Å². The molecule has 4 rings (SSSR count). The van der Waals surface area contributed by atoms with Gasteiger partial charge in [-0.3, -0.25) is 5.43 Å². The summed E-state index contributed by atoms with van der Waals surface area (Å²) in [5.74, 6) is 1.23. The quantitative estimate of drug-likeness (QED) is 0.265. The van der Waals surface area contributed by atoms with Crippen molar-refractivity contribution in [3.05, 3.63) is 100.0 Å². The highest BCUT2D eigenvalue weighted by atomic mass is 79.9. The molecule has 142 valence electrons. The van der Waals surface area contributed by atoms with Crippen LogP contribution in [0.4, 0.5) is 5.82 Å². The highest BCUT2D eigenvalue weighted by molar-refractivity contribution is 9.10. The van der Waals surface area contributed by atoms with E-state index >= 15 is 0 Å². The maximum absolute atomic E-state index is 6.02. The molecule has 0 unspecified atom stereocenters. The minimum Gasteiger partial charge on any atom is -0.261 e. The van der Waals surface area contributed by atoms with E-state index in [1.54, 1.807) is 6.21 Å². The van der Waals surface area contributed by atoms with E-state index in [2.05, 4.69) is 31.4 Å². The predicted octanol–water partition coefficient (Wildman–Crippen LogP) is 6.67. The molecule has 0 fully saturated rings. The zero-order valence-electron chi connectivity index (χ0n) is 15.3. The Balaban J connectivity index is 1.68. The fourth-order valence-corrected chi connectivity index (χ4v) is 3.21. The van der Waals surface area contributed by atoms with Crippen LogP contribution in [0.3, 0.4) is 0 Å². The molecule has 1 N–H and O–H groups in total. The average molecular weight is 464 g/mol. The normalized spacial score (nSPS) is 11.0. The molecule has 1 aromatic heterocycles. The van der Waals surface area contributed by atoms with Crippen molar-refractivity contribution in [2.75, 3.05) is 5.43 Å². The molecule has 4 nitrogen and oxygen atoms in total. The molecule has 0 radical (unpaired) electrons.